The topological polar surface area (TPSA) is 37.8 Å². The summed E-state index contributed by atoms with van der Waals surface area (Å²) in [7, 11) is 0. The number of hydrogen-bond donors (Lipinski definition) is 1. The SMILES string of the molecule is CC(C)Cc1nnc(NC(C)c2cc(Br)ccc2F)s1. The van der Waals surface area contributed by atoms with Gasteiger partial charge in [0.1, 0.15) is 10.8 Å². The minimum absolute atomic E-state index is 0.160. The van der Waals surface area contributed by atoms with Gasteiger partial charge in [-0.05, 0) is 31.0 Å². The molecule has 0 aliphatic carbocycles. The van der Waals surface area contributed by atoms with Gasteiger partial charge in [0.25, 0.3) is 0 Å². The minimum atomic E-state index is -0.222. The van der Waals surface area contributed by atoms with Crippen molar-refractivity contribution in [3.63, 3.8) is 0 Å². The molecule has 0 bridgehead atoms. The molecule has 0 saturated heterocycles. The van der Waals surface area contributed by atoms with Crippen LogP contribution < -0.4 is 5.32 Å². The van der Waals surface area contributed by atoms with Gasteiger partial charge in [0, 0.05) is 16.5 Å². The van der Waals surface area contributed by atoms with Crippen molar-refractivity contribution in [2.45, 2.75) is 33.2 Å². The van der Waals surface area contributed by atoms with E-state index < -0.39 is 0 Å². The maximum Gasteiger partial charge on any atom is 0.206 e. The van der Waals surface area contributed by atoms with Crippen molar-refractivity contribution in [3.05, 3.63) is 39.1 Å². The van der Waals surface area contributed by atoms with E-state index in [1.807, 2.05) is 6.92 Å². The fourth-order valence-electron chi connectivity index (χ4n) is 1.85. The van der Waals surface area contributed by atoms with Crippen molar-refractivity contribution in [2.24, 2.45) is 5.92 Å². The fraction of sp³-hybridized carbons (Fsp3) is 0.429. The molecule has 0 amide bonds. The Morgan fingerprint density at radius 2 is 2.05 bits per heavy atom. The zero-order chi connectivity index (χ0) is 14.7. The summed E-state index contributed by atoms with van der Waals surface area (Å²) >= 11 is 4.89. The number of benzene rings is 1. The number of hydrogen-bond acceptors (Lipinski definition) is 4. The summed E-state index contributed by atoms with van der Waals surface area (Å²) in [5.41, 5.74) is 0.611. The summed E-state index contributed by atoms with van der Waals surface area (Å²) in [6.07, 6.45) is 0.916. The van der Waals surface area contributed by atoms with Crippen LogP contribution in [0, 0.1) is 11.7 Å². The molecule has 1 N–H and O–H groups in total. The molecule has 0 spiro atoms. The third-order valence-corrected chi connectivity index (χ3v) is 4.18. The molecule has 2 aromatic rings. The van der Waals surface area contributed by atoms with Crippen LogP contribution in [0.15, 0.2) is 22.7 Å². The summed E-state index contributed by atoms with van der Waals surface area (Å²) in [5.74, 6) is 0.330. The summed E-state index contributed by atoms with van der Waals surface area (Å²) in [6, 6.07) is 4.77. The Hall–Kier alpha value is -1.01. The van der Waals surface area contributed by atoms with Crippen LogP contribution in [0.5, 0.6) is 0 Å². The molecule has 1 unspecified atom stereocenters. The number of nitrogens with one attached hydrogen (secondary N) is 1. The van der Waals surface area contributed by atoms with Crippen molar-refractivity contribution in [1.29, 1.82) is 0 Å². The molecule has 1 aromatic heterocycles. The third-order valence-electron chi connectivity index (χ3n) is 2.81. The molecule has 3 nitrogen and oxygen atoms in total. The van der Waals surface area contributed by atoms with Gasteiger partial charge in [-0.1, -0.05) is 41.1 Å². The monoisotopic (exact) mass is 357 g/mol. The van der Waals surface area contributed by atoms with Crippen molar-refractivity contribution in [1.82, 2.24) is 10.2 Å². The summed E-state index contributed by atoms with van der Waals surface area (Å²) in [4.78, 5) is 0. The van der Waals surface area contributed by atoms with Crippen LogP contribution in [0.2, 0.25) is 0 Å². The molecule has 0 aliphatic heterocycles. The molecule has 2 rings (SSSR count). The van der Waals surface area contributed by atoms with Gasteiger partial charge >= 0.3 is 0 Å². The van der Waals surface area contributed by atoms with Gasteiger partial charge in [0.2, 0.25) is 5.13 Å². The van der Waals surface area contributed by atoms with Gasteiger partial charge in [-0.15, -0.1) is 10.2 Å². The van der Waals surface area contributed by atoms with Crippen LogP contribution in [0.3, 0.4) is 0 Å². The second-order valence-corrected chi connectivity index (χ2v) is 7.11. The van der Waals surface area contributed by atoms with Crippen LogP contribution in [0.1, 0.15) is 37.4 Å². The average Bonchev–Trinajstić information content (AvgIpc) is 2.78. The van der Waals surface area contributed by atoms with Gasteiger partial charge in [-0.2, -0.15) is 0 Å². The van der Waals surface area contributed by atoms with E-state index in [9.17, 15) is 4.39 Å². The largest absolute Gasteiger partial charge is 0.353 e. The lowest BCUT2D eigenvalue weighted by Crippen LogP contribution is -2.08. The molecule has 0 aliphatic rings. The van der Waals surface area contributed by atoms with Gasteiger partial charge in [0.05, 0.1) is 6.04 Å². The molecule has 0 radical (unpaired) electrons. The molecular weight excluding hydrogens is 341 g/mol. The first kappa shape index (κ1) is 15.4. The van der Waals surface area contributed by atoms with Crippen molar-refractivity contribution in [3.8, 4) is 0 Å². The smallest absolute Gasteiger partial charge is 0.206 e. The normalized spacial score (nSPS) is 12.7. The number of aromatic nitrogens is 2. The third kappa shape index (κ3) is 3.99. The highest BCUT2D eigenvalue weighted by Crippen LogP contribution is 2.26. The second-order valence-electron chi connectivity index (χ2n) is 5.13. The Kier molecular flexibility index (Phi) is 5.10. The molecule has 0 saturated carbocycles. The summed E-state index contributed by atoms with van der Waals surface area (Å²) in [6.45, 7) is 6.20. The Bertz CT molecular complexity index is 586. The van der Waals surface area contributed by atoms with E-state index in [2.05, 4.69) is 45.3 Å². The molecule has 1 aromatic carbocycles. The van der Waals surface area contributed by atoms with Crippen LogP contribution >= 0.6 is 27.3 Å². The Balaban J connectivity index is 2.09. The van der Waals surface area contributed by atoms with E-state index in [1.54, 1.807) is 12.1 Å². The van der Waals surface area contributed by atoms with Crippen LogP contribution in [0.25, 0.3) is 0 Å². The quantitative estimate of drug-likeness (QED) is 0.833. The van der Waals surface area contributed by atoms with Gasteiger partial charge in [-0.3, -0.25) is 0 Å². The lowest BCUT2D eigenvalue weighted by Gasteiger charge is -2.14. The Morgan fingerprint density at radius 3 is 2.75 bits per heavy atom. The summed E-state index contributed by atoms with van der Waals surface area (Å²) < 4.78 is 14.7. The number of anilines is 1. The number of nitrogens with zero attached hydrogens (tertiary/aromatic N) is 2. The highest BCUT2D eigenvalue weighted by atomic mass is 79.9. The van der Waals surface area contributed by atoms with Crippen molar-refractivity contribution >= 4 is 32.4 Å². The highest BCUT2D eigenvalue weighted by Gasteiger charge is 2.14. The number of rotatable bonds is 5. The van der Waals surface area contributed by atoms with Crippen molar-refractivity contribution in [2.75, 3.05) is 5.32 Å². The zero-order valence-corrected chi connectivity index (χ0v) is 14.1. The predicted octanol–water partition coefficient (Wildman–Crippen LogP) is 4.81. The number of halogens is 2. The molecule has 6 heteroatoms. The molecule has 1 heterocycles. The second kappa shape index (κ2) is 6.63. The first-order valence-electron chi connectivity index (χ1n) is 6.49. The summed E-state index contributed by atoms with van der Waals surface area (Å²) in [5, 5.41) is 13.2. The van der Waals surface area contributed by atoms with E-state index in [0.717, 1.165) is 21.0 Å². The maximum absolute atomic E-state index is 13.8. The minimum Gasteiger partial charge on any atom is -0.353 e. The van der Waals surface area contributed by atoms with E-state index >= 15 is 0 Å². The zero-order valence-electron chi connectivity index (χ0n) is 11.7. The van der Waals surface area contributed by atoms with Crippen LogP contribution in [0.4, 0.5) is 9.52 Å². The van der Waals surface area contributed by atoms with Gasteiger partial charge in [-0.25, -0.2) is 4.39 Å². The first-order valence-corrected chi connectivity index (χ1v) is 8.10. The lowest BCUT2D eigenvalue weighted by atomic mass is 10.1. The standard InChI is InChI=1S/C14H17BrFN3S/c1-8(2)6-13-18-19-14(20-13)17-9(3)11-7-10(15)4-5-12(11)16/h4-5,7-9H,6H2,1-3H3,(H,17,19). The Labute approximate surface area is 130 Å². The predicted molar refractivity (Wildman–Crippen MR) is 84.6 cm³/mol. The molecule has 1 atom stereocenters. The molecule has 108 valence electrons. The van der Waals surface area contributed by atoms with E-state index in [1.165, 1.54) is 17.4 Å². The highest BCUT2D eigenvalue weighted by molar-refractivity contribution is 9.10. The molecular formula is C14H17BrFN3S. The fourth-order valence-corrected chi connectivity index (χ4v) is 3.27. The van der Waals surface area contributed by atoms with E-state index in [-0.39, 0.29) is 11.9 Å². The lowest BCUT2D eigenvalue weighted by molar-refractivity contribution is 0.599. The van der Waals surface area contributed by atoms with Gasteiger partial charge in [0.15, 0.2) is 0 Å². The maximum atomic E-state index is 13.8. The van der Waals surface area contributed by atoms with Crippen LogP contribution in [-0.4, -0.2) is 10.2 Å². The Morgan fingerprint density at radius 1 is 1.30 bits per heavy atom. The van der Waals surface area contributed by atoms with E-state index in [0.29, 0.717) is 11.5 Å². The van der Waals surface area contributed by atoms with Crippen LogP contribution in [-0.2, 0) is 6.42 Å². The van der Waals surface area contributed by atoms with Crippen molar-refractivity contribution < 1.29 is 4.39 Å². The molecule has 0 fully saturated rings. The van der Waals surface area contributed by atoms with Gasteiger partial charge < -0.3 is 5.32 Å². The first-order chi connectivity index (χ1) is 9.45. The van der Waals surface area contributed by atoms with E-state index in [4.69, 9.17) is 0 Å². The average molecular weight is 358 g/mol. The molecule has 20 heavy (non-hydrogen) atoms.